The largest absolute Gasteiger partial charge is 0.462 e. The lowest BCUT2D eigenvalue weighted by Gasteiger charge is -2.17. The maximum Gasteiger partial charge on any atom is 0.339 e. The van der Waals surface area contributed by atoms with Gasteiger partial charge >= 0.3 is 11.9 Å². The van der Waals surface area contributed by atoms with Crippen molar-refractivity contribution in [1.82, 2.24) is 0 Å². The van der Waals surface area contributed by atoms with E-state index in [0.29, 0.717) is 12.2 Å². The van der Waals surface area contributed by atoms with Crippen molar-refractivity contribution in [2.24, 2.45) is 0 Å². The molecule has 0 aromatic heterocycles. The molecule has 0 aliphatic carbocycles. The minimum Gasteiger partial charge on any atom is -0.462 e. The minimum atomic E-state index is -0.449. The Bertz CT molecular complexity index is 533. The van der Waals surface area contributed by atoms with E-state index in [4.69, 9.17) is 9.47 Å². The average molecular weight is 363 g/mol. The summed E-state index contributed by atoms with van der Waals surface area (Å²) in [6.45, 7) is 6.70. The van der Waals surface area contributed by atoms with Crippen molar-refractivity contribution in [2.45, 2.75) is 84.7 Å². The summed E-state index contributed by atoms with van der Waals surface area (Å²) >= 11 is 0. The van der Waals surface area contributed by atoms with E-state index in [2.05, 4.69) is 20.8 Å². The van der Waals surface area contributed by atoms with E-state index in [0.717, 1.165) is 44.9 Å². The Hall–Kier alpha value is -1.84. The molecule has 0 heterocycles. The second-order valence-electron chi connectivity index (χ2n) is 6.70. The summed E-state index contributed by atoms with van der Waals surface area (Å²) in [6, 6.07) is 6.75. The zero-order valence-electron chi connectivity index (χ0n) is 16.6. The molecular weight excluding hydrogens is 328 g/mol. The first kappa shape index (κ1) is 22.2. The van der Waals surface area contributed by atoms with Crippen molar-refractivity contribution < 1.29 is 19.1 Å². The molecule has 4 nitrogen and oxygen atoms in total. The zero-order chi connectivity index (χ0) is 19.2. The van der Waals surface area contributed by atoms with Crippen LogP contribution < -0.4 is 0 Å². The van der Waals surface area contributed by atoms with Crippen LogP contribution in [-0.4, -0.2) is 24.6 Å². The van der Waals surface area contributed by atoms with Gasteiger partial charge < -0.3 is 9.47 Å². The van der Waals surface area contributed by atoms with Crippen molar-refractivity contribution in [2.75, 3.05) is 6.61 Å². The van der Waals surface area contributed by atoms with E-state index in [1.54, 1.807) is 24.3 Å². The normalized spacial score (nSPS) is 10.8. The number of benzene rings is 1. The van der Waals surface area contributed by atoms with Gasteiger partial charge in [-0.05, 0) is 31.4 Å². The van der Waals surface area contributed by atoms with E-state index in [1.807, 2.05) is 0 Å². The minimum absolute atomic E-state index is 0.0971. The van der Waals surface area contributed by atoms with Crippen molar-refractivity contribution in [1.29, 1.82) is 0 Å². The Morgan fingerprint density at radius 3 is 1.96 bits per heavy atom. The molecule has 0 saturated carbocycles. The molecule has 0 amide bonds. The highest BCUT2D eigenvalue weighted by molar-refractivity contribution is 6.03. The van der Waals surface area contributed by atoms with Gasteiger partial charge in [-0.25, -0.2) is 9.59 Å². The number of unbranched alkanes of at least 4 members (excludes halogenated alkanes) is 4. The fourth-order valence-corrected chi connectivity index (χ4v) is 2.91. The molecule has 0 saturated heterocycles. The van der Waals surface area contributed by atoms with Crippen molar-refractivity contribution in [3.8, 4) is 0 Å². The Morgan fingerprint density at radius 2 is 1.38 bits per heavy atom. The quantitative estimate of drug-likeness (QED) is 0.322. The molecule has 0 atom stereocenters. The summed E-state index contributed by atoms with van der Waals surface area (Å²) in [5, 5.41) is 0. The molecule has 146 valence electrons. The monoisotopic (exact) mass is 362 g/mol. The molecular formula is C22H34O4. The molecule has 1 aromatic rings. The number of hydrogen-bond donors (Lipinski definition) is 0. The predicted octanol–water partition coefficient (Wildman–Crippen LogP) is 5.94. The number of carbonyl (C=O) groups excluding carboxylic acids is 2. The SMILES string of the molecule is CCCCCCCOC(=O)c1ccccc1C(=O)OC(CCC)CCC. The van der Waals surface area contributed by atoms with Crippen LogP contribution in [0.4, 0.5) is 0 Å². The van der Waals surface area contributed by atoms with Crippen LogP contribution >= 0.6 is 0 Å². The Balaban J connectivity index is 2.64. The summed E-state index contributed by atoms with van der Waals surface area (Å²) in [7, 11) is 0. The van der Waals surface area contributed by atoms with Crippen LogP contribution in [0.2, 0.25) is 0 Å². The first-order valence-corrected chi connectivity index (χ1v) is 10.1. The van der Waals surface area contributed by atoms with Crippen LogP contribution in [0.15, 0.2) is 24.3 Å². The third-order valence-electron chi connectivity index (χ3n) is 4.34. The van der Waals surface area contributed by atoms with Gasteiger partial charge in [0.25, 0.3) is 0 Å². The lowest BCUT2D eigenvalue weighted by atomic mass is 10.1. The highest BCUT2D eigenvalue weighted by Crippen LogP contribution is 2.17. The van der Waals surface area contributed by atoms with Gasteiger partial charge in [-0.15, -0.1) is 0 Å². The second kappa shape index (κ2) is 13.4. The van der Waals surface area contributed by atoms with Gasteiger partial charge in [0.2, 0.25) is 0 Å². The van der Waals surface area contributed by atoms with Crippen molar-refractivity contribution in [3.05, 3.63) is 35.4 Å². The van der Waals surface area contributed by atoms with E-state index in [9.17, 15) is 9.59 Å². The first-order valence-electron chi connectivity index (χ1n) is 10.1. The number of ether oxygens (including phenoxy) is 2. The fraction of sp³-hybridized carbons (Fsp3) is 0.636. The second-order valence-corrected chi connectivity index (χ2v) is 6.70. The average Bonchev–Trinajstić information content (AvgIpc) is 2.64. The fourth-order valence-electron chi connectivity index (χ4n) is 2.91. The molecule has 1 aromatic carbocycles. The van der Waals surface area contributed by atoms with Gasteiger partial charge in [-0.2, -0.15) is 0 Å². The highest BCUT2D eigenvalue weighted by Gasteiger charge is 2.21. The van der Waals surface area contributed by atoms with Gasteiger partial charge in [-0.3, -0.25) is 0 Å². The van der Waals surface area contributed by atoms with E-state index in [1.165, 1.54) is 12.8 Å². The lowest BCUT2D eigenvalue weighted by molar-refractivity contribution is 0.0249. The van der Waals surface area contributed by atoms with Crippen LogP contribution in [-0.2, 0) is 9.47 Å². The predicted molar refractivity (Wildman–Crippen MR) is 105 cm³/mol. The maximum absolute atomic E-state index is 12.5. The number of hydrogen-bond acceptors (Lipinski definition) is 4. The van der Waals surface area contributed by atoms with Crippen LogP contribution in [0.3, 0.4) is 0 Å². The van der Waals surface area contributed by atoms with Crippen molar-refractivity contribution >= 4 is 11.9 Å². The summed E-state index contributed by atoms with van der Waals surface area (Å²) in [6.07, 6.45) is 8.96. The standard InChI is InChI=1S/C22H34O4/c1-4-7-8-9-12-17-25-21(23)19-15-10-11-16-20(19)22(24)26-18(13-5-2)14-6-3/h10-11,15-16,18H,4-9,12-14,17H2,1-3H3. The zero-order valence-corrected chi connectivity index (χ0v) is 16.6. The molecule has 0 fully saturated rings. The molecule has 0 bridgehead atoms. The summed E-state index contributed by atoms with van der Waals surface area (Å²) < 4.78 is 11.0. The highest BCUT2D eigenvalue weighted by atomic mass is 16.5. The van der Waals surface area contributed by atoms with Gasteiger partial charge in [0.05, 0.1) is 17.7 Å². The van der Waals surface area contributed by atoms with Gasteiger partial charge in [0.1, 0.15) is 6.10 Å². The Labute approximate surface area is 158 Å². The molecule has 1 rings (SSSR count). The number of carbonyl (C=O) groups is 2. The van der Waals surface area contributed by atoms with Gasteiger partial charge in [-0.1, -0.05) is 71.4 Å². The molecule has 4 heteroatoms. The Morgan fingerprint density at radius 1 is 0.808 bits per heavy atom. The van der Waals surface area contributed by atoms with Crippen LogP contribution in [0.5, 0.6) is 0 Å². The summed E-state index contributed by atoms with van der Waals surface area (Å²) in [5.41, 5.74) is 0.582. The molecule has 0 aliphatic rings. The molecule has 0 spiro atoms. The molecule has 0 unspecified atom stereocenters. The third-order valence-corrected chi connectivity index (χ3v) is 4.34. The van der Waals surface area contributed by atoms with E-state index < -0.39 is 11.9 Å². The number of esters is 2. The van der Waals surface area contributed by atoms with Gasteiger partial charge in [0, 0.05) is 0 Å². The molecule has 0 aliphatic heterocycles. The summed E-state index contributed by atoms with van der Waals surface area (Å²) in [4.78, 5) is 24.9. The summed E-state index contributed by atoms with van der Waals surface area (Å²) in [5.74, 6) is -0.886. The van der Waals surface area contributed by atoms with Crippen LogP contribution in [0, 0.1) is 0 Å². The topological polar surface area (TPSA) is 52.6 Å². The maximum atomic E-state index is 12.5. The van der Waals surface area contributed by atoms with E-state index in [-0.39, 0.29) is 11.7 Å². The molecule has 26 heavy (non-hydrogen) atoms. The van der Waals surface area contributed by atoms with E-state index >= 15 is 0 Å². The Kier molecular flexibility index (Phi) is 11.4. The smallest absolute Gasteiger partial charge is 0.339 e. The third kappa shape index (κ3) is 8.03. The van der Waals surface area contributed by atoms with Crippen LogP contribution in [0.25, 0.3) is 0 Å². The molecule has 0 N–H and O–H groups in total. The van der Waals surface area contributed by atoms with Crippen LogP contribution in [0.1, 0.15) is 99.3 Å². The number of rotatable bonds is 13. The first-order chi connectivity index (χ1) is 12.6. The van der Waals surface area contributed by atoms with Gasteiger partial charge in [0.15, 0.2) is 0 Å². The van der Waals surface area contributed by atoms with Crippen molar-refractivity contribution in [3.63, 3.8) is 0 Å². The lowest BCUT2D eigenvalue weighted by Crippen LogP contribution is -2.20. The molecule has 0 radical (unpaired) electrons.